The van der Waals surface area contributed by atoms with Crippen molar-refractivity contribution in [2.24, 2.45) is 28.6 Å². The number of rotatable bonds is 2. The van der Waals surface area contributed by atoms with Crippen molar-refractivity contribution in [3.05, 3.63) is 11.6 Å². The van der Waals surface area contributed by atoms with Crippen LogP contribution in [0.1, 0.15) is 72.0 Å². The number of carbonyl (C=O) groups is 2. The molecule has 0 aliphatic heterocycles. The molecule has 4 nitrogen and oxygen atoms in total. The first-order chi connectivity index (χ1) is 13.7. The molecule has 4 aliphatic carbocycles. The zero-order chi connectivity index (χ0) is 22.5. The minimum Gasteiger partial charge on any atom is -0.388 e. The van der Waals surface area contributed by atoms with Gasteiger partial charge in [-0.3, -0.25) is 9.59 Å². The van der Waals surface area contributed by atoms with Crippen LogP contribution in [0, 0.1) is 28.6 Å². The molecule has 3 saturated carbocycles. The highest BCUT2D eigenvalue weighted by molar-refractivity contribution is 5.91. The third-order valence-electron chi connectivity index (χ3n) is 7.95. The third kappa shape index (κ3) is 2.13. The Bertz CT molecular complexity index is 854. The molecule has 3 fully saturated rings. The Hall–Kier alpha value is -1.00. The summed E-state index contributed by atoms with van der Waals surface area (Å²) >= 11 is 0. The Morgan fingerprint density at radius 1 is 1.24 bits per heavy atom. The quantitative estimate of drug-likeness (QED) is 0.802. The van der Waals surface area contributed by atoms with Crippen molar-refractivity contribution in [3.63, 3.8) is 0 Å². The molecule has 0 heterocycles. The molecule has 138 valence electrons. The second-order valence-corrected chi connectivity index (χ2v) is 8.79. The predicted octanol–water partition coefficient (Wildman–Crippen LogP) is 2.81. The van der Waals surface area contributed by atoms with Crippen LogP contribution in [-0.2, 0) is 9.59 Å². The molecule has 0 amide bonds. The van der Waals surface area contributed by atoms with Crippen LogP contribution in [0.25, 0.3) is 0 Å². The monoisotopic (exact) mass is 351 g/mol. The molecule has 4 heteroatoms. The van der Waals surface area contributed by atoms with E-state index in [1.807, 2.05) is 6.92 Å². The molecule has 6 atom stereocenters. The molecule has 0 aromatic rings. The van der Waals surface area contributed by atoms with Crippen molar-refractivity contribution in [2.45, 2.75) is 70.7 Å². The standard InChI is InChI=1S/C21H30O4/c1-19-8-5-14(23)11-13(19)3-4-15-16(19)6-9-20(2)17(15)7-10-21(20,25)18(24)12-22/h11,15-17,22,25H,3-10,12H2,1-2H3/t15-,16?,17?,19+,20+,21?/m1/s1/i3D2,5D2,11D. The summed E-state index contributed by atoms with van der Waals surface area (Å²) in [5.74, 6) is -2.02. The number of fused-ring (bicyclic) bond motifs is 5. The van der Waals surface area contributed by atoms with E-state index in [1.54, 1.807) is 6.92 Å². The summed E-state index contributed by atoms with van der Waals surface area (Å²) in [7, 11) is 0. The molecule has 0 aromatic carbocycles. The van der Waals surface area contributed by atoms with Gasteiger partial charge in [0, 0.05) is 17.3 Å². The van der Waals surface area contributed by atoms with Gasteiger partial charge in [-0.15, -0.1) is 0 Å². The van der Waals surface area contributed by atoms with Crippen LogP contribution in [-0.4, -0.2) is 34.0 Å². The van der Waals surface area contributed by atoms with Crippen LogP contribution in [0.2, 0.25) is 0 Å². The molecule has 25 heavy (non-hydrogen) atoms. The lowest BCUT2D eigenvalue weighted by molar-refractivity contribution is -0.164. The molecule has 0 aromatic heterocycles. The largest absolute Gasteiger partial charge is 0.388 e. The Morgan fingerprint density at radius 3 is 2.68 bits per heavy atom. The lowest BCUT2D eigenvalue weighted by Gasteiger charge is -2.58. The number of aliphatic hydroxyl groups is 2. The lowest BCUT2D eigenvalue weighted by Crippen LogP contribution is -2.58. The maximum absolute atomic E-state index is 12.4. The van der Waals surface area contributed by atoms with Crippen LogP contribution in [0.3, 0.4) is 0 Å². The number of aliphatic hydroxyl groups excluding tert-OH is 1. The number of carbonyl (C=O) groups excluding carboxylic acids is 2. The summed E-state index contributed by atoms with van der Waals surface area (Å²) < 4.78 is 42.2. The van der Waals surface area contributed by atoms with Crippen LogP contribution >= 0.6 is 0 Å². The smallest absolute Gasteiger partial charge is 0.190 e. The van der Waals surface area contributed by atoms with Gasteiger partial charge in [0.15, 0.2) is 11.6 Å². The van der Waals surface area contributed by atoms with Gasteiger partial charge in [0.2, 0.25) is 0 Å². The van der Waals surface area contributed by atoms with Gasteiger partial charge in [-0.05, 0) is 74.1 Å². The van der Waals surface area contributed by atoms with Crippen molar-refractivity contribution in [1.82, 2.24) is 0 Å². The number of allylic oxidation sites excluding steroid dienone is 1. The van der Waals surface area contributed by atoms with Crippen LogP contribution < -0.4 is 0 Å². The van der Waals surface area contributed by atoms with E-state index in [1.165, 1.54) is 0 Å². The normalized spacial score (nSPS) is 56.4. The molecule has 0 radical (unpaired) electrons. The fraction of sp³-hybridized carbons (Fsp3) is 0.810. The summed E-state index contributed by atoms with van der Waals surface area (Å²) in [5.41, 5.74) is -3.27. The van der Waals surface area contributed by atoms with Crippen molar-refractivity contribution in [2.75, 3.05) is 6.61 Å². The van der Waals surface area contributed by atoms with E-state index in [0.29, 0.717) is 19.3 Å². The van der Waals surface area contributed by atoms with Crippen molar-refractivity contribution >= 4 is 11.6 Å². The first-order valence-electron chi connectivity index (χ1n) is 11.8. The average Bonchev–Trinajstić information content (AvgIpc) is 2.90. The van der Waals surface area contributed by atoms with Gasteiger partial charge in [-0.2, -0.15) is 0 Å². The summed E-state index contributed by atoms with van der Waals surface area (Å²) in [4.78, 5) is 24.9. The van der Waals surface area contributed by atoms with Gasteiger partial charge in [0.1, 0.15) is 12.2 Å². The van der Waals surface area contributed by atoms with E-state index in [2.05, 4.69) is 0 Å². The van der Waals surface area contributed by atoms with E-state index in [-0.39, 0.29) is 42.6 Å². The van der Waals surface area contributed by atoms with Crippen molar-refractivity contribution in [1.29, 1.82) is 0 Å². The predicted molar refractivity (Wildman–Crippen MR) is 93.8 cm³/mol. The molecule has 0 bridgehead atoms. The summed E-state index contributed by atoms with van der Waals surface area (Å²) in [6.45, 7) is 2.92. The molecular weight excluding hydrogens is 316 g/mol. The average molecular weight is 351 g/mol. The molecular formula is C21H30O4. The minimum absolute atomic E-state index is 0.0882. The number of hydrogen-bond acceptors (Lipinski definition) is 4. The Kier molecular flexibility index (Phi) is 2.73. The fourth-order valence-electron chi connectivity index (χ4n) is 6.40. The molecule has 4 rings (SSSR count). The molecule has 4 aliphatic rings. The van der Waals surface area contributed by atoms with Crippen molar-refractivity contribution in [3.8, 4) is 0 Å². The van der Waals surface area contributed by atoms with E-state index in [4.69, 9.17) is 6.85 Å². The highest BCUT2D eigenvalue weighted by atomic mass is 16.3. The number of ketones is 2. The van der Waals surface area contributed by atoms with Gasteiger partial charge < -0.3 is 10.2 Å². The Labute approximate surface area is 156 Å². The second kappa shape index (κ2) is 5.50. The van der Waals surface area contributed by atoms with Crippen LogP contribution in [0.5, 0.6) is 0 Å². The molecule has 0 saturated heterocycles. The van der Waals surface area contributed by atoms with Gasteiger partial charge in [0.05, 0.1) is 1.37 Å². The Morgan fingerprint density at radius 2 is 1.96 bits per heavy atom. The van der Waals surface area contributed by atoms with E-state index in [0.717, 1.165) is 0 Å². The van der Waals surface area contributed by atoms with Gasteiger partial charge in [-0.1, -0.05) is 19.4 Å². The molecule has 3 unspecified atom stereocenters. The van der Waals surface area contributed by atoms with Gasteiger partial charge in [-0.25, -0.2) is 0 Å². The highest BCUT2D eigenvalue weighted by Gasteiger charge is 2.65. The SMILES string of the molecule is [2H]C1=C2C([2H])([2H])C[C@@H]3C(CC[C@@]4(C)C3CCC4(O)C(=O)CO)[C@@]2(C)CC([2H])([2H])C1=O. The molecule has 2 N–H and O–H groups in total. The zero-order valence-electron chi connectivity index (χ0n) is 19.9. The van der Waals surface area contributed by atoms with Gasteiger partial charge in [0.25, 0.3) is 0 Å². The number of Topliss-reactive ketones (excluding diaryl/α,β-unsaturated/α-hetero) is 1. The summed E-state index contributed by atoms with van der Waals surface area (Å²) in [5, 5.41) is 20.7. The highest BCUT2D eigenvalue weighted by Crippen LogP contribution is 2.67. The van der Waals surface area contributed by atoms with E-state index >= 15 is 0 Å². The van der Waals surface area contributed by atoms with Crippen molar-refractivity contribution < 1.29 is 26.7 Å². The van der Waals surface area contributed by atoms with Crippen LogP contribution in [0.15, 0.2) is 11.6 Å². The molecule has 0 spiro atoms. The lowest BCUT2D eigenvalue weighted by atomic mass is 9.46. The van der Waals surface area contributed by atoms with Gasteiger partial charge >= 0.3 is 0 Å². The topological polar surface area (TPSA) is 74.6 Å². The maximum Gasteiger partial charge on any atom is 0.190 e. The maximum atomic E-state index is 12.4. The third-order valence-corrected chi connectivity index (χ3v) is 7.95. The van der Waals surface area contributed by atoms with E-state index in [9.17, 15) is 19.8 Å². The minimum atomic E-state index is -2.21. The first kappa shape index (κ1) is 12.4. The summed E-state index contributed by atoms with van der Waals surface area (Å²) in [6.07, 6.45) is -2.40. The first-order valence-corrected chi connectivity index (χ1v) is 9.29. The summed E-state index contributed by atoms with van der Waals surface area (Å²) in [6, 6.07) is -0.524. The number of hydrogen-bond donors (Lipinski definition) is 2. The van der Waals surface area contributed by atoms with Crippen LogP contribution in [0.4, 0.5) is 0 Å². The van der Waals surface area contributed by atoms with E-state index < -0.39 is 53.4 Å². The zero-order valence-corrected chi connectivity index (χ0v) is 14.9. The second-order valence-electron chi connectivity index (χ2n) is 8.79. The fourth-order valence-corrected chi connectivity index (χ4v) is 6.40. The Balaban J connectivity index is 1.82.